The maximum absolute atomic E-state index is 12.3. The Hall–Kier alpha value is -2.54. The van der Waals surface area contributed by atoms with Gasteiger partial charge in [0.2, 0.25) is 5.96 Å². The van der Waals surface area contributed by atoms with Crippen LogP contribution in [0.2, 0.25) is 5.02 Å². The van der Waals surface area contributed by atoms with Crippen LogP contribution in [-0.2, 0) is 4.79 Å². The maximum Gasteiger partial charge on any atom is 0.325 e. The number of guanidine groups is 1. The number of nitrogens with one attached hydrogen (secondary N) is 1. The van der Waals surface area contributed by atoms with E-state index in [4.69, 9.17) is 11.6 Å². The third kappa shape index (κ3) is 1.88. The normalized spacial score (nSPS) is 25.4. The number of rotatable bonds is 1. The largest absolute Gasteiger partial charge is 0.325 e. The molecule has 7 nitrogen and oxygen atoms in total. The number of nitrogens with zero attached hydrogens (tertiary/aromatic N) is 4. The Kier molecular flexibility index (Phi) is 3.11. The van der Waals surface area contributed by atoms with E-state index in [1.807, 2.05) is 48.0 Å². The first-order valence-corrected chi connectivity index (χ1v) is 7.95. The average molecular weight is 346 g/mol. The van der Waals surface area contributed by atoms with Gasteiger partial charge in [0.1, 0.15) is 0 Å². The molecule has 0 aromatic heterocycles. The molecule has 2 unspecified atom stereocenters. The highest BCUT2D eigenvalue weighted by Gasteiger charge is 2.51. The number of fused-ring (bicyclic) bond motifs is 3. The molecule has 1 fully saturated rings. The highest BCUT2D eigenvalue weighted by molar-refractivity contribution is 6.32. The highest BCUT2D eigenvalue weighted by atomic mass is 35.5. The molecule has 0 radical (unpaired) electrons. The molecule has 3 amide bonds. The van der Waals surface area contributed by atoms with Crippen LogP contribution in [0.3, 0.4) is 0 Å². The third-order valence-electron chi connectivity index (χ3n) is 4.64. The van der Waals surface area contributed by atoms with Crippen molar-refractivity contribution in [3.8, 4) is 0 Å². The Bertz CT molecular complexity index is 834. The molecule has 1 aromatic carbocycles. The van der Waals surface area contributed by atoms with Crippen LogP contribution < -0.4 is 10.2 Å². The lowest BCUT2D eigenvalue weighted by molar-refractivity contribution is -0.126. The topological polar surface area (TPSA) is 68.2 Å². The van der Waals surface area contributed by atoms with Gasteiger partial charge < -0.3 is 9.80 Å². The molecule has 0 saturated carbocycles. The number of carbonyl (C=O) groups excluding carboxylic acids is 2. The van der Waals surface area contributed by atoms with Gasteiger partial charge in [-0.15, -0.1) is 0 Å². The lowest BCUT2D eigenvalue weighted by Crippen LogP contribution is -2.62. The Morgan fingerprint density at radius 3 is 2.75 bits per heavy atom. The number of anilines is 1. The molecule has 0 spiro atoms. The number of hydrogen-bond donors (Lipinski definition) is 1. The maximum atomic E-state index is 12.3. The van der Waals surface area contributed by atoms with Crippen LogP contribution in [0.25, 0.3) is 0 Å². The van der Waals surface area contributed by atoms with Crippen LogP contribution >= 0.6 is 11.6 Å². The summed E-state index contributed by atoms with van der Waals surface area (Å²) >= 11 is 6.25. The Morgan fingerprint density at radius 1 is 1.25 bits per heavy atom. The van der Waals surface area contributed by atoms with Crippen molar-refractivity contribution in [3.05, 3.63) is 40.7 Å². The molecule has 24 heavy (non-hydrogen) atoms. The van der Waals surface area contributed by atoms with E-state index in [1.165, 1.54) is 4.90 Å². The minimum atomic E-state index is -0.554. The second kappa shape index (κ2) is 4.98. The fourth-order valence-electron chi connectivity index (χ4n) is 3.34. The van der Waals surface area contributed by atoms with Gasteiger partial charge in [0, 0.05) is 24.0 Å². The lowest BCUT2D eigenvalue weighted by atomic mass is 10.1. The second-order valence-corrected chi connectivity index (χ2v) is 6.50. The van der Waals surface area contributed by atoms with Gasteiger partial charge in [0.05, 0.1) is 5.69 Å². The van der Waals surface area contributed by atoms with E-state index in [0.29, 0.717) is 11.0 Å². The van der Waals surface area contributed by atoms with Crippen LogP contribution in [-0.4, -0.2) is 47.0 Å². The fraction of sp³-hybridized carbons (Fsp3) is 0.312. The quantitative estimate of drug-likeness (QED) is 0.843. The Labute approximate surface area is 144 Å². The van der Waals surface area contributed by atoms with E-state index in [2.05, 4.69) is 10.3 Å². The minimum absolute atomic E-state index is 0.337. The Balaban J connectivity index is 1.80. The van der Waals surface area contributed by atoms with E-state index in [0.717, 1.165) is 16.9 Å². The zero-order valence-corrected chi connectivity index (χ0v) is 14.2. The van der Waals surface area contributed by atoms with E-state index in [-0.39, 0.29) is 5.91 Å². The van der Waals surface area contributed by atoms with Gasteiger partial charge in [-0.2, -0.15) is 0 Å². The molecule has 1 N–H and O–H groups in total. The highest BCUT2D eigenvalue weighted by Crippen LogP contribution is 2.37. The summed E-state index contributed by atoms with van der Waals surface area (Å²) in [5, 5.41) is 3.03. The molecule has 8 heteroatoms. The summed E-state index contributed by atoms with van der Waals surface area (Å²) in [5.74, 6) is 0.292. The summed E-state index contributed by atoms with van der Waals surface area (Å²) in [7, 11) is 1.64. The molecule has 3 aliphatic rings. The smallest absolute Gasteiger partial charge is 0.303 e. The van der Waals surface area contributed by atoms with Crippen molar-refractivity contribution in [1.82, 2.24) is 15.1 Å². The van der Waals surface area contributed by atoms with Crippen molar-refractivity contribution < 1.29 is 9.59 Å². The van der Waals surface area contributed by atoms with Crippen LogP contribution in [0.1, 0.15) is 12.5 Å². The zero-order chi connectivity index (χ0) is 17.2. The van der Waals surface area contributed by atoms with E-state index in [1.54, 1.807) is 7.05 Å². The molecule has 124 valence electrons. The molecular weight excluding hydrogens is 330 g/mol. The standard InChI is InChI=1S/C16H16ClN5O2/c1-8-7-21-12-13(20(3)16(24)19-14(12)23)18-15(21)22(8)11-6-4-5-10(17)9(11)2/h4-7,12-13H,1-3H3,(H,19,23,24). The number of imide groups is 1. The number of allylic oxidation sites excluding steroid dienone is 1. The monoisotopic (exact) mass is 345 g/mol. The van der Waals surface area contributed by atoms with Crippen molar-refractivity contribution in [1.29, 1.82) is 0 Å². The fourth-order valence-corrected chi connectivity index (χ4v) is 3.50. The lowest BCUT2D eigenvalue weighted by Gasteiger charge is -2.34. The second-order valence-electron chi connectivity index (χ2n) is 6.09. The summed E-state index contributed by atoms with van der Waals surface area (Å²) in [5.41, 5.74) is 2.77. The van der Waals surface area contributed by atoms with E-state index < -0.39 is 18.2 Å². The molecule has 3 heterocycles. The van der Waals surface area contributed by atoms with Gasteiger partial charge in [-0.1, -0.05) is 17.7 Å². The number of aliphatic imine (C=N–C) groups is 1. The summed E-state index contributed by atoms with van der Waals surface area (Å²) in [6.45, 7) is 3.89. The number of likely N-dealkylation sites (N-methyl/N-ethyl adjacent to an activating group) is 1. The molecule has 0 bridgehead atoms. The van der Waals surface area contributed by atoms with Crippen LogP contribution in [0.5, 0.6) is 0 Å². The zero-order valence-electron chi connectivity index (χ0n) is 13.4. The van der Waals surface area contributed by atoms with Gasteiger partial charge >= 0.3 is 6.03 Å². The predicted molar refractivity (Wildman–Crippen MR) is 90.6 cm³/mol. The minimum Gasteiger partial charge on any atom is -0.303 e. The van der Waals surface area contributed by atoms with Crippen LogP contribution in [0, 0.1) is 6.92 Å². The van der Waals surface area contributed by atoms with Gasteiger partial charge in [0.25, 0.3) is 5.91 Å². The molecule has 1 saturated heterocycles. The molecule has 0 aliphatic carbocycles. The van der Waals surface area contributed by atoms with Gasteiger partial charge in [-0.3, -0.25) is 15.0 Å². The summed E-state index contributed by atoms with van der Waals surface area (Å²) in [4.78, 5) is 34.0. The predicted octanol–water partition coefficient (Wildman–Crippen LogP) is 1.88. The van der Waals surface area contributed by atoms with E-state index >= 15 is 0 Å². The number of urea groups is 1. The number of hydrogen-bond acceptors (Lipinski definition) is 5. The average Bonchev–Trinajstić information content (AvgIpc) is 3.03. The summed E-state index contributed by atoms with van der Waals surface area (Å²) in [6, 6.07) is 4.69. The first-order valence-electron chi connectivity index (χ1n) is 7.57. The first-order chi connectivity index (χ1) is 11.4. The summed E-state index contributed by atoms with van der Waals surface area (Å²) in [6.07, 6.45) is 1.35. The van der Waals surface area contributed by atoms with Crippen molar-refractivity contribution in [2.75, 3.05) is 11.9 Å². The number of carbonyl (C=O) groups is 2. The van der Waals surface area contributed by atoms with E-state index in [9.17, 15) is 9.59 Å². The van der Waals surface area contributed by atoms with Gasteiger partial charge in [0.15, 0.2) is 12.2 Å². The van der Waals surface area contributed by atoms with Crippen molar-refractivity contribution in [2.24, 2.45) is 4.99 Å². The van der Waals surface area contributed by atoms with Gasteiger partial charge in [-0.25, -0.2) is 9.79 Å². The first kappa shape index (κ1) is 15.0. The molecule has 3 aliphatic heterocycles. The number of amides is 3. The SMILES string of the molecule is CC1=CN2C(=NC3C2C(=O)NC(=O)N3C)N1c1cccc(Cl)c1C. The van der Waals surface area contributed by atoms with Crippen molar-refractivity contribution >= 4 is 35.2 Å². The summed E-state index contributed by atoms with van der Waals surface area (Å²) < 4.78 is 0. The van der Waals surface area contributed by atoms with Crippen LogP contribution in [0.4, 0.5) is 10.5 Å². The van der Waals surface area contributed by atoms with Crippen LogP contribution in [0.15, 0.2) is 35.1 Å². The van der Waals surface area contributed by atoms with Gasteiger partial charge in [-0.05, 0) is 31.5 Å². The number of halogens is 1. The van der Waals surface area contributed by atoms with Crippen molar-refractivity contribution in [2.45, 2.75) is 26.1 Å². The number of benzene rings is 1. The molecule has 2 atom stereocenters. The molecule has 4 rings (SSSR count). The third-order valence-corrected chi connectivity index (χ3v) is 5.04. The Morgan fingerprint density at radius 2 is 2.00 bits per heavy atom. The molecular formula is C16H16ClN5O2. The molecule has 1 aromatic rings. The van der Waals surface area contributed by atoms with Crippen molar-refractivity contribution in [3.63, 3.8) is 0 Å².